The molecule has 2 amide bonds. The summed E-state index contributed by atoms with van der Waals surface area (Å²) in [4.78, 5) is 22.3. The van der Waals surface area contributed by atoms with Crippen LogP contribution in [0.1, 0.15) is 42.5 Å². The summed E-state index contributed by atoms with van der Waals surface area (Å²) in [6.07, 6.45) is 4.62. The lowest BCUT2D eigenvalue weighted by molar-refractivity contribution is -0.111. The maximum Gasteiger partial charge on any atom is 0.248 e. The van der Waals surface area contributed by atoms with Gasteiger partial charge in [-0.3, -0.25) is 9.59 Å². The van der Waals surface area contributed by atoms with Crippen LogP contribution in [0.3, 0.4) is 0 Å². The topological polar surface area (TPSA) is 85.3 Å². The molecule has 0 bridgehead atoms. The SMILES string of the molecule is CC(C)(C)c1ccc(C(N)=O)cc1.O=C(/C=C/c1ccco1)Nc1ccccc1. The van der Waals surface area contributed by atoms with Gasteiger partial charge in [0.1, 0.15) is 5.76 Å². The number of rotatable bonds is 4. The molecule has 0 fully saturated rings. The van der Waals surface area contributed by atoms with Crippen molar-refractivity contribution < 1.29 is 14.0 Å². The third kappa shape index (κ3) is 7.50. The molecular weight excluding hydrogens is 364 g/mol. The van der Waals surface area contributed by atoms with Crippen molar-refractivity contribution in [2.24, 2.45) is 5.73 Å². The van der Waals surface area contributed by atoms with Crippen molar-refractivity contribution in [2.75, 3.05) is 5.32 Å². The average Bonchev–Trinajstić information content (AvgIpc) is 3.21. The van der Waals surface area contributed by atoms with Crippen molar-refractivity contribution in [1.82, 2.24) is 0 Å². The Morgan fingerprint density at radius 1 is 0.931 bits per heavy atom. The lowest BCUT2D eigenvalue weighted by Crippen LogP contribution is -2.13. The van der Waals surface area contributed by atoms with Gasteiger partial charge in [0.2, 0.25) is 11.8 Å². The second kappa shape index (κ2) is 10.1. The van der Waals surface area contributed by atoms with Gasteiger partial charge in [-0.1, -0.05) is 51.1 Å². The largest absolute Gasteiger partial charge is 0.465 e. The highest BCUT2D eigenvalue weighted by Crippen LogP contribution is 2.21. The molecular formula is C24H26N2O3. The van der Waals surface area contributed by atoms with Crippen molar-refractivity contribution in [3.05, 3.63) is 96.0 Å². The molecule has 0 saturated carbocycles. The van der Waals surface area contributed by atoms with E-state index in [1.807, 2.05) is 42.5 Å². The number of para-hydroxylation sites is 1. The number of primary amides is 1. The lowest BCUT2D eigenvalue weighted by Gasteiger charge is -2.18. The molecule has 150 valence electrons. The van der Waals surface area contributed by atoms with Gasteiger partial charge in [0.15, 0.2) is 0 Å². The average molecular weight is 390 g/mol. The molecule has 0 unspecified atom stereocenters. The second-order valence-corrected chi connectivity index (χ2v) is 7.40. The Bertz CT molecular complexity index is 936. The Hall–Kier alpha value is -3.60. The summed E-state index contributed by atoms with van der Waals surface area (Å²) in [6, 6.07) is 20.3. The van der Waals surface area contributed by atoms with E-state index in [2.05, 4.69) is 26.1 Å². The number of carbonyl (C=O) groups is 2. The first-order valence-electron chi connectivity index (χ1n) is 9.23. The molecule has 3 N–H and O–H groups in total. The van der Waals surface area contributed by atoms with E-state index in [0.29, 0.717) is 11.3 Å². The van der Waals surface area contributed by atoms with Crippen molar-refractivity contribution in [3.63, 3.8) is 0 Å². The first-order chi connectivity index (χ1) is 13.8. The smallest absolute Gasteiger partial charge is 0.248 e. The summed E-state index contributed by atoms with van der Waals surface area (Å²) in [7, 11) is 0. The monoisotopic (exact) mass is 390 g/mol. The fourth-order valence-electron chi connectivity index (χ4n) is 2.38. The Morgan fingerprint density at radius 3 is 2.10 bits per heavy atom. The fourth-order valence-corrected chi connectivity index (χ4v) is 2.38. The summed E-state index contributed by atoms with van der Waals surface area (Å²) >= 11 is 0. The second-order valence-electron chi connectivity index (χ2n) is 7.40. The molecule has 3 aromatic rings. The highest BCUT2D eigenvalue weighted by Gasteiger charge is 2.13. The molecule has 0 aliphatic rings. The molecule has 0 aliphatic heterocycles. The maximum absolute atomic E-state index is 11.5. The summed E-state index contributed by atoms with van der Waals surface area (Å²) in [5.74, 6) is 0.103. The van der Waals surface area contributed by atoms with Gasteiger partial charge in [-0.15, -0.1) is 0 Å². The number of nitrogens with one attached hydrogen (secondary N) is 1. The fraction of sp³-hybridized carbons (Fsp3) is 0.167. The van der Waals surface area contributed by atoms with Crippen LogP contribution in [0.25, 0.3) is 6.08 Å². The van der Waals surface area contributed by atoms with Crippen LogP contribution in [-0.4, -0.2) is 11.8 Å². The van der Waals surface area contributed by atoms with Crippen LogP contribution in [0.5, 0.6) is 0 Å². The van der Waals surface area contributed by atoms with Crippen LogP contribution in [0.15, 0.2) is 83.5 Å². The predicted molar refractivity (Wildman–Crippen MR) is 116 cm³/mol. The number of nitrogens with two attached hydrogens (primary N) is 1. The van der Waals surface area contributed by atoms with Gasteiger partial charge in [0, 0.05) is 17.3 Å². The summed E-state index contributed by atoms with van der Waals surface area (Å²) < 4.78 is 5.07. The van der Waals surface area contributed by atoms with Gasteiger partial charge in [-0.05, 0) is 53.5 Å². The first-order valence-corrected chi connectivity index (χ1v) is 9.23. The van der Waals surface area contributed by atoms with E-state index in [-0.39, 0.29) is 17.2 Å². The molecule has 5 nitrogen and oxygen atoms in total. The summed E-state index contributed by atoms with van der Waals surface area (Å²) in [5, 5.41) is 2.74. The van der Waals surface area contributed by atoms with Crippen LogP contribution in [0, 0.1) is 0 Å². The Balaban J connectivity index is 0.000000212. The normalized spacial score (nSPS) is 10.9. The zero-order chi connectivity index (χ0) is 21.3. The minimum atomic E-state index is -0.375. The van der Waals surface area contributed by atoms with Crippen LogP contribution >= 0.6 is 0 Å². The predicted octanol–water partition coefficient (Wildman–Crippen LogP) is 5.01. The van der Waals surface area contributed by atoms with E-state index in [1.54, 1.807) is 36.6 Å². The lowest BCUT2D eigenvalue weighted by atomic mass is 9.87. The molecule has 1 heterocycles. The number of benzene rings is 2. The van der Waals surface area contributed by atoms with Gasteiger partial charge in [0.25, 0.3) is 0 Å². The van der Waals surface area contributed by atoms with Crippen molar-refractivity contribution >= 4 is 23.6 Å². The van der Waals surface area contributed by atoms with Gasteiger partial charge in [-0.25, -0.2) is 0 Å². The van der Waals surface area contributed by atoms with Crippen LogP contribution < -0.4 is 11.1 Å². The number of hydrogen-bond donors (Lipinski definition) is 2. The minimum Gasteiger partial charge on any atom is -0.465 e. The van der Waals surface area contributed by atoms with Crippen LogP contribution in [0.2, 0.25) is 0 Å². The molecule has 2 aromatic carbocycles. The molecule has 1 aromatic heterocycles. The van der Waals surface area contributed by atoms with E-state index in [1.165, 1.54) is 11.6 Å². The van der Waals surface area contributed by atoms with Gasteiger partial charge in [-0.2, -0.15) is 0 Å². The molecule has 3 rings (SSSR count). The Morgan fingerprint density at radius 2 is 1.59 bits per heavy atom. The van der Waals surface area contributed by atoms with Crippen molar-refractivity contribution in [3.8, 4) is 0 Å². The molecule has 5 heteroatoms. The standard InChI is InChI=1S/C13H11NO2.C11H15NO/c15-13(9-8-12-7-4-10-16-12)14-11-5-2-1-3-6-11;1-11(2,3)9-6-4-8(5-7-9)10(12)13/h1-10H,(H,14,15);4-7H,1-3H3,(H2,12,13)/b9-8+;. The minimum absolute atomic E-state index is 0.121. The van der Waals surface area contributed by atoms with E-state index < -0.39 is 0 Å². The zero-order valence-corrected chi connectivity index (χ0v) is 16.9. The molecule has 29 heavy (non-hydrogen) atoms. The number of amides is 2. The molecule has 0 atom stereocenters. The third-order valence-electron chi connectivity index (χ3n) is 4.02. The van der Waals surface area contributed by atoms with Gasteiger partial charge in [0.05, 0.1) is 6.26 Å². The zero-order valence-electron chi connectivity index (χ0n) is 16.9. The van der Waals surface area contributed by atoms with Gasteiger partial charge < -0.3 is 15.5 Å². The Labute approximate surface area is 171 Å². The molecule has 0 saturated heterocycles. The first kappa shape index (κ1) is 21.7. The van der Waals surface area contributed by atoms with Crippen molar-refractivity contribution in [2.45, 2.75) is 26.2 Å². The van der Waals surface area contributed by atoms with E-state index in [4.69, 9.17) is 10.2 Å². The number of hydrogen-bond acceptors (Lipinski definition) is 3. The molecule has 0 spiro atoms. The van der Waals surface area contributed by atoms with Gasteiger partial charge >= 0.3 is 0 Å². The number of furan rings is 1. The molecule has 0 aliphatic carbocycles. The van der Waals surface area contributed by atoms with E-state index >= 15 is 0 Å². The molecule has 0 radical (unpaired) electrons. The Kier molecular flexibility index (Phi) is 7.54. The van der Waals surface area contributed by atoms with Crippen LogP contribution in [-0.2, 0) is 10.2 Å². The van der Waals surface area contributed by atoms with Crippen molar-refractivity contribution in [1.29, 1.82) is 0 Å². The number of carbonyl (C=O) groups excluding carboxylic acids is 2. The number of anilines is 1. The third-order valence-corrected chi connectivity index (χ3v) is 4.02. The highest BCUT2D eigenvalue weighted by molar-refractivity contribution is 6.01. The maximum atomic E-state index is 11.5. The summed E-state index contributed by atoms with van der Waals surface area (Å²) in [6.45, 7) is 6.39. The van der Waals surface area contributed by atoms with Crippen LogP contribution in [0.4, 0.5) is 5.69 Å². The highest BCUT2D eigenvalue weighted by atomic mass is 16.3. The van der Waals surface area contributed by atoms with E-state index in [9.17, 15) is 9.59 Å². The summed E-state index contributed by atoms with van der Waals surface area (Å²) in [5.41, 5.74) is 7.80. The van der Waals surface area contributed by atoms with E-state index in [0.717, 1.165) is 5.69 Å². The quantitative estimate of drug-likeness (QED) is 0.614.